The van der Waals surface area contributed by atoms with Gasteiger partial charge in [0.05, 0.1) is 0 Å². The number of aliphatic carboxylic acids is 3. The Bertz CT molecular complexity index is 729. The molecule has 0 aromatic heterocycles. The third kappa shape index (κ3) is 48.6. The van der Waals surface area contributed by atoms with Crippen molar-refractivity contribution in [2.75, 3.05) is 0 Å². The van der Waals surface area contributed by atoms with Crippen molar-refractivity contribution in [1.29, 1.82) is 0 Å². The SMILES string of the molecule is CCCCCCCCCCC(C(=O)[O-])C(C)S.CCCCCCCCCCC(C(=O)[O-])C(C)S.CCCCCCCCCCC(C(=O)[O-])C(C)S.CCC[CH2][Sn+3]. The number of unbranched alkanes of at least 4 members (excludes halogenated alkanes) is 22. The zero-order valence-electron chi connectivity index (χ0n) is 37.5. The van der Waals surface area contributed by atoms with Gasteiger partial charge in [-0.25, -0.2) is 0 Å². The summed E-state index contributed by atoms with van der Waals surface area (Å²) >= 11 is 14.3. The second-order valence-corrected chi connectivity index (χ2v) is 19.8. The van der Waals surface area contributed by atoms with Crippen molar-refractivity contribution in [1.82, 2.24) is 0 Å². The fourth-order valence-electron chi connectivity index (χ4n) is 6.34. The molecular formula is C46H90O6S3Sn. The van der Waals surface area contributed by atoms with E-state index in [0.29, 0.717) is 19.3 Å². The van der Waals surface area contributed by atoms with E-state index in [9.17, 15) is 29.7 Å². The molecule has 0 N–H and O–H groups in total. The molecule has 6 atom stereocenters. The first kappa shape index (κ1) is 62.9. The van der Waals surface area contributed by atoms with Crippen molar-refractivity contribution in [3.8, 4) is 0 Å². The van der Waals surface area contributed by atoms with E-state index in [1.165, 1.54) is 133 Å². The number of hydrogen-bond donors (Lipinski definition) is 3. The van der Waals surface area contributed by atoms with Crippen LogP contribution in [-0.2, 0) is 14.4 Å². The Hall–Kier alpha value is 0.259. The van der Waals surface area contributed by atoms with Gasteiger partial charge >= 0.3 is 46.7 Å². The summed E-state index contributed by atoms with van der Waals surface area (Å²) in [5.41, 5.74) is 0. The molecule has 332 valence electrons. The molecule has 0 aliphatic carbocycles. The summed E-state index contributed by atoms with van der Waals surface area (Å²) in [5.74, 6) is -4.02. The molecule has 10 heteroatoms. The topological polar surface area (TPSA) is 120 Å². The van der Waals surface area contributed by atoms with Crippen LogP contribution in [0.4, 0.5) is 0 Å². The van der Waals surface area contributed by atoms with Crippen LogP contribution in [0.25, 0.3) is 0 Å². The van der Waals surface area contributed by atoms with Crippen LogP contribution in [0.5, 0.6) is 0 Å². The average molecular weight is 954 g/mol. The van der Waals surface area contributed by atoms with E-state index < -0.39 is 35.7 Å². The van der Waals surface area contributed by atoms with Crippen LogP contribution in [0, 0.1) is 17.8 Å². The van der Waals surface area contributed by atoms with E-state index in [4.69, 9.17) is 0 Å². The standard InChI is InChI=1S/3C14H28O2S.C4H9.Sn/c3*1-3-4-5-6-7-8-9-10-11-13(12(2)17)14(15)16;1-3-4-2;/h3*12-13,17H,3-11H2,1-2H3,(H,15,16);1,3-4H2,2H3;/q;;;;+3/p-3. The number of rotatable bonds is 35. The van der Waals surface area contributed by atoms with Gasteiger partial charge in [-0.1, -0.05) is 196 Å². The summed E-state index contributed by atoms with van der Waals surface area (Å²) in [7, 11) is 0. The summed E-state index contributed by atoms with van der Waals surface area (Å²) in [6, 6.07) is 0. The molecule has 0 aromatic carbocycles. The van der Waals surface area contributed by atoms with Gasteiger partial charge < -0.3 is 29.7 Å². The van der Waals surface area contributed by atoms with Gasteiger partial charge in [0, 0.05) is 51.4 Å². The molecular weight excluding hydrogens is 863 g/mol. The Labute approximate surface area is 378 Å². The Morgan fingerprint density at radius 2 is 0.554 bits per heavy atom. The second kappa shape index (κ2) is 49.6. The van der Waals surface area contributed by atoms with E-state index in [0.717, 1.165) is 38.5 Å². The number of carbonyl (C=O) groups is 3. The first-order chi connectivity index (χ1) is 26.7. The van der Waals surface area contributed by atoms with Crippen LogP contribution in [0.1, 0.15) is 235 Å². The number of hydrogen-bond acceptors (Lipinski definition) is 9. The third-order valence-electron chi connectivity index (χ3n) is 10.3. The zero-order valence-corrected chi connectivity index (χ0v) is 43.0. The van der Waals surface area contributed by atoms with Crippen LogP contribution in [0.3, 0.4) is 0 Å². The van der Waals surface area contributed by atoms with Crippen LogP contribution in [0.2, 0.25) is 4.44 Å². The molecule has 0 aliphatic heterocycles. The number of carboxylic acid groups (broad SMARTS) is 3. The number of thiol groups is 3. The van der Waals surface area contributed by atoms with E-state index in [1.54, 1.807) is 22.5 Å². The monoisotopic (exact) mass is 954 g/mol. The molecule has 0 heterocycles. The Balaban J connectivity index is -0.000000340. The van der Waals surface area contributed by atoms with Crippen molar-refractivity contribution in [3.63, 3.8) is 0 Å². The zero-order chi connectivity index (χ0) is 43.4. The minimum absolute atomic E-state index is 0.107. The molecule has 0 radical (unpaired) electrons. The van der Waals surface area contributed by atoms with Gasteiger partial charge in [-0.2, -0.15) is 37.9 Å². The fraction of sp³-hybridized carbons (Fsp3) is 0.935. The molecule has 0 rings (SSSR count). The van der Waals surface area contributed by atoms with Gasteiger partial charge in [0.25, 0.3) is 0 Å². The van der Waals surface area contributed by atoms with Crippen LogP contribution in [0.15, 0.2) is 0 Å². The van der Waals surface area contributed by atoms with Gasteiger partial charge in [0.15, 0.2) is 0 Å². The maximum absolute atomic E-state index is 10.8. The van der Waals surface area contributed by atoms with Crippen LogP contribution in [-0.4, -0.2) is 56.2 Å². The van der Waals surface area contributed by atoms with E-state index in [-0.39, 0.29) is 15.7 Å². The van der Waals surface area contributed by atoms with Crippen LogP contribution < -0.4 is 15.3 Å². The van der Waals surface area contributed by atoms with Crippen molar-refractivity contribution < 1.29 is 29.7 Å². The maximum atomic E-state index is 10.8. The molecule has 0 amide bonds. The number of carbonyl (C=O) groups excluding carboxylic acids is 3. The average Bonchev–Trinajstić information content (AvgIpc) is 3.13. The van der Waals surface area contributed by atoms with Crippen molar-refractivity contribution in [2.45, 2.75) is 255 Å². The van der Waals surface area contributed by atoms with Gasteiger partial charge in [0.2, 0.25) is 0 Å². The number of carboxylic acids is 3. The first-order valence-electron chi connectivity index (χ1n) is 23.0. The molecule has 6 unspecified atom stereocenters. The third-order valence-corrected chi connectivity index (χ3v) is 12.4. The van der Waals surface area contributed by atoms with Crippen molar-refractivity contribution in [2.24, 2.45) is 17.8 Å². The molecule has 56 heavy (non-hydrogen) atoms. The Morgan fingerprint density at radius 3 is 0.679 bits per heavy atom. The van der Waals surface area contributed by atoms with Gasteiger partial charge in [-0.15, -0.1) is 0 Å². The van der Waals surface area contributed by atoms with E-state index in [2.05, 4.69) is 65.6 Å². The molecule has 0 aliphatic rings. The fourth-order valence-corrected chi connectivity index (χ4v) is 8.16. The summed E-state index contributed by atoms with van der Waals surface area (Å²) in [6.45, 7) is 14.4. The summed E-state index contributed by atoms with van der Waals surface area (Å²) in [6.07, 6.45) is 34.7. The van der Waals surface area contributed by atoms with Gasteiger partial charge in [-0.3, -0.25) is 0 Å². The molecule has 0 saturated heterocycles. The van der Waals surface area contributed by atoms with Gasteiger partial charge in [-0.05, 0) is 19.3 Å². The predicted octanol–water partition coefficient (Wildman–Crippen LogP) is 11.0. The molecule has 0 saturated carbocycles. The van der Waals surface area contributed by atoms with Crippen molar-refractivity contribution in [3.05, 3.63) is 0 Å². The summed E-state index contributed by atoms with van der Waals surface area (Å²) in [5, 5.41) is 32.1. The summed E-state index contributed by atoms with van der Waals surface area (Å²) < 4.78 is 1.43. The van der Waals surface area contributed by atoms with E-state index >= 15 is 0 Å². The quantitative estimate of drug-likeness (QED) is 0.0331. The normalized spacial score (nSPS) is 14.0. The second-order valence-electron chi connectivity index (χ2n) is 15.9. The molecule has 0 fully saturated rings. The molecule has 0 bridgehead atoms. The van der Waals surface area contributed by atoms with E-state index in [1.807, 2.05) is 20.8 Å². The Morgan fingerprint density at radius 1 is 0.375 bits per heavy atom. The minimum atomic E-state index is -0.949. The molecule has 6 nitrogen and oxygen atoms in total. The Kier molecular flexibility index (Phi) is 55.7. The molecule has 0 aromatic rings. The van der Waals surface area contributed by atoms with Gasteiger partial charge in [0.1, 0.15) is 0 Å². The first-order valence-corrected chi connectivity index (χ1v) is 26.6. The van der Waals surface area contributed by atoms with Crippen LogP contribution >= 0.6 is 37.9 Å². The molecule has 0 spiro atoms. The summed E-state index contributed by atoms with van der Waals surface area (Å²) in [4.78, 5) is 32.5. The van der Waals surface area contributed by atoms with Crippen molar-refractivity contribution >= 4 is 78.3 Å². The predicted molar refractivity (Wildman–Crippen MR) is 248 cm³/mol.